The van der Waals surface area contributed by atoms with E-state index in [1.807, 2.05) is 13.8 Å². The predicted molar refractivity (Wildman–Crippen MR) is 78.1 cm³/mol. The number of alkyl halides is 3. The van der Waals surface area contributed by atoms with E-state index in [-0.39, 0.29) is 6.73 Å². The molecule has 0 aliphatic rings. The molecule has 2 rings (SSSR count). The van der Waals surface area contributed by atoms with Crippen LogP contribution in [0.2, 0.25) is 0 Å². The van der Waals surface area contributed by atoms with Crippen molar-refractivity contribution in [1.82, 2.24) is 9.55 Å². The summed E-state index contributed by atoms with van der Waals surface area (Å²) in [6.07, 6.45) is -1.96. The van der Waals surface area contributed by atoms with E-state index in [0.29, 0.717) is 24.7 Å². The first-order chi connectivity index (χ1) is 10.5. The zero-order valence-electron chi connectivity index (χ0n) is 12.4. The Bertz CT molecular complexity index is 623. The number of benzene rings is 1. The Morgan fingerprint density at radius 2 is 2.05 bits per heavy atom. The second-order valence-corrected chi connectivity index (χ2v) is 4.64. The van der Waals surface area contributed by atoms with E-state index in [9.17, 15) is 13.2 Å². The molecule has 0 saturated carbocycles. The summed E-state index contributed by atoms with van der Waals surface area (Å²) < 4.78 is 45.3. The fourth-order valence-electron chi connectivity index (χ4n) is 1.97. The summed E-state index contributed by atoms with van der Waals surface area (Å²) in [5.74, 6) is 0.463. The van der Waals surface area contributed by atoms with Gasteiger partial charge in [-0.25, -0.2) is 4.98 Å². The van der Waals surface area contributed by atoms with Gasteiger partial charge in [0, 0.05) is 18.5 Å². The molecule has 120 valence electrons. The summed E-state index contributed by atoms with van der Waals surface area (Å²) in [7, 11) is 0. The van der Waals surface area contributed by atoms with Crippen molar-refractivity contribution >= 4 is 5.95 Å². The summed E-state index contributed by atoms with van der Waals surface area (Å²) in [6, 6.07) is 5.15. The van der Waals surface area contributed by atoms with Crippen molar-refractivity contribution in [3.8, 4) is 5.69 Å². The molecule has 22 heavy (non-hydrogen) atoms. The van der Waals surface area contributed by atoms with Gasteiger partial charge in [-0.15, -0.1) is 0 Å². The molecule has 0 atom stereocenters. The van der Waals surface area contributed by atoms with E-state index in [1.54, 1.807) is 16.8 Å². The minimum absolute atomic E-state index is 0.246. The van der Waals surface area contributed by atoms with Crippen LogP contribution in [-0.4, -0.2) is 22.9 Å². The lowest BCUT2D eigenvalue weighted by molar-refractivity contribution is -0.137. The van der Waals surface area contributed by atoms with Crippen molar-refractivity contribution in [1.29, 1.82) is 0 Å². The lowest BCUT2D eigenvalue weighted by atomic mass is 10.2. The van der Waals surface area contributed by atoms with Crippen molar-refractivity contribution in [2.45, 2.75) is 26.4 Å². The van der Waals surface area contributed by atoms with Crippen molar-refractivity contribution in [2.75, 3.05) is 18.7 Å². The summed E-state index contributed by atoms with van der Waals surface area (Å²) in [5, 5.41) is 2.97. The van der Waals surface area contributed by atoms with E-state index in [4.69, 9.17) is 4.74 Å². The molecule has 1 heterocycles. The quantitative estimate of drug-likeness (QED) is 0.650. The highest BCUT2D eigenvalue weighted by Gasteiger charge is 2.30. The van der Waals surface area contributed by atoms with E-state index in [2.05, 4.69) is 10.3 Å². The van der Waals surface area contributed by atoms with Gasteiger partial charge in [-0.1, -0.05) is 13.0 Å². The van der Waals surface area contributed by atoms with Gasteiger partial charge in [-0.05, 0) is 31.5 Å². The molecule has 1 aromatic heterocycles. The highest BCUT2D eigenvalue weighted by atomic mass is 19.4. The van der Waals surface area contributed by atoms with Gasteiger partial charge in [-0.3, -0.25) is 4.57 Å². The second-order valence-electron chi connectivity index (χ2n) is 4.64. The van der Waals surface area contributed by atoms with Crippen LogP contribution in [0.3, 0.4) is 0 Å². The minimum Gasteiger partial charge on any atom is -0.362 e. The van der Waals surface area contributed by atoms with Gasteiger partial charge in [0.05, 0.1) is 11.3 Å². The molecule has 0 aliphatic heterocycles. The lowest BCUT2D eigenvalue weighted by Crippen LogP contribution is -2.11. The van der Waals surface area contributed by atoms with E-state index in [0.717, 1.165) is 17.8 Å². The smallest absolute Gasteiger partial charge is 0.362 e. The Kier molecular flexibility index (Phi) is 5.07. The molecule has 4 nitrogen and oxygen atoms in total. The molecule has 0 unspecified atom stereocenters. The molecule has 7 heteroatoms. The van der Waals surface area contributed by atoms with Crippen LogP contribution in [0.1, 0.15) is 25.1 Å². The maximum Gasteiger partial charge on any atom is 0.416 e. The van der Waals surface area contributed by atoms with Crippen LogP contribution in [0.25, 0.3) is 5.69 Å². The van der Waals surface area contributed by atoms with Gasteiger partial charge in [-0.2, -0.15) is 13.2 Å². The first-order valence-electron chi connectivity index (χ1n) is 7.03. The number of nitrogens with one attached hydrogen (secondary N) is 1. The minimum atomic E-state index is -4.37. The Balaban J connectivity index is 2.36. The van der Waals surface area contributed by atoms with E-state index in [1.165, 1.54) is 6.07 Å². The Morgan fingerprint density at radius 3 is 2.68 bits per heavy atom. The number of nitrogens with zero attached hydrogens (tertiary/aromatic N) is 2. The Morgan fingerprint density at radius 1 is 1.27 bits per heavy atom. The number of imidazole rings is 1. The first kappa shape index (κ1) is 16.4. The number of halogens is 3. The number of hydrogen-bond donors (Lipinski definition) is 1. The number of ether oxygens (including phenoxy) is 1. The maximum atomic E-state index is 12.8. The van der Waals surface area contributed by atoms with Crippen LogP contribution in [0, 0.1) is 0 Å². The molecular formula is C15H18F3N3O. The third-order valence-corrected chi connectivity index (χ3v) is 3.11. The lowest BCUT2D eigenvalue weighted by Gasteiger charge is -2.12. The van der Waals surface area contributed by atoms with Gasteiger partial charge in [0.2, 0.25) is 5.95 Å². The molecule has 0 spiro atoms. The summed E-state index contributed by atoms with van der Waals surface area (Å²) in [6.45, 7) is 4.58. The number of aromatic nitrogens is 2. The fourth-order valence-corrected chi connectivity index (χ4v) is 1.97. The number of aryl methyl sites for hydroxylation is 1. The van der Waals surface area contributed by atoms with E-state index >= 15 is 0 Å². The van der Waals surface area contributed by atoms with Crippen molar-refractivity contribution < 1.29 is 17.9 Å². The van der Waals surface area contributed by atoms with Crippen LogP contribution in [0.4, 0.5) is 19.1 Å². The number of rotatable bonds is 6. The summed E-state index contributed by atoms with van der Waals surface area (Å²) in [5.41, 5.74) is 0.505. The van der Waals surface area contributed by atoms with Crippen LogP contribution in [0.5, 0.6) is 0 Å². The molecule has 0 saturated heterocycles. The standard InChI is InChI=1S/C15H18F3N3O/c1-3-12-9-21(14(20-12)19-10-22-4-2)13-7-5-6-11(8-13)15(16,17)18/h5-9H,3-4,10H2,1-2H3,(H,19,20). The fraction of sp³-hybridized carbons (Fsp3) is 0.400. The van der Waals surface area contributed by atoms with Crippen molar-refractivity contribution in [3.05, 3.63) is 41.7 Å². The predicted octanol–water partition coefficient (Wildman–Crippen LogP) is 3.86. The summed E-state index contributed by atoms with van der Waals surface area (Å²) >= 11 is 0. The van der Waals surface area contributed by atoms with Gasteiger partial charge < -0.3 is 10.1 Å². The number of anilines is 1. The van der Waals surface area contributed by atoms with Gasteiger partial charge >= 0.3 is 6.18 Å². The Labute approximate surface area is 126 Å². The summed E-state index contributed by atoms with van der Waals surface area (Å²) in [4.78, 5) is 4.36. The van der Waals surface area contributed by atoms with Gasteiger partial charge in [0.15, 0.2) is 0 Å². The third-order valence-electron chi connectivity index (χ3n) is 3.11. The molecule has 2 aromatic rings. The average Bonchev–Trinajstić information content (AvgIpc) is 2.90. The van der Waals surface area contributed by atoms with Gasteiger partial charge in [0.1, 0.15) is 6.73 Å². The monoisotopic (exact) mass is 313 g/mol. The van der Waals surface area contributed by atoms with E-state index < -0.39 is 11.7 Å². The topological polar surface area (TPSA) is 39.1 Å². The molecule has 0 bridgehead atoms. The van der Waals surface area contributed by atoms with Crippen LogP contribution in [-0.2, 0) is 17.3 Å². The molecule has 1 N–H and O–H groups in total. The zero-order chi connectivity index (χ0) is 16.2. The number of hydrogen-bond acceptors (Lipinski definition) is 3. The molecule has 0 amide bonds. The van der Waals surface area contributed by atoms with Crippen LogP contribution in [0.15, 0.2) is 30.5 Å². The first-order valence-corrected chi connectivity index (χ1v) is 7.03. The maximum absolute atomic E-state index is 12.8. The van der Waals surface area contributed by atoms with Crippen LogP contribution >= 0.6 is 0 Å². The van der Waals surface area contributed by atoms with Crippen LogP contribution < -0.4 is 5.32 Å². The van der Waals surface area contributed by atoms with Crippen molar-refractivity contribution in [3.63, 3.8) is 0 Å². The average molecular weight is 313 g/mol. The van der Waals surface area contributed by atoms with Gasteiger partial charge in [0.25, 0.3) is 0 Å². The molecule has 0 aliphatic carbocycles. The second kappa shape index (κ2) is 6.83. The highest BCUT2D eigenvalue weighted by molar-refractivity contribution is 5.45. The Hall–Kier alpha value is -2.02. The normalized spacial score (nSPS) is 11.7. The largest absolute Gasteiger partial charge is 0.416 e. The molecule has 0 radical (unpaired) electrons. The molecule has 0 fully saturated rings. The SMILES string of the molecule is CCOCNc1nc(CC)cn1-c1cccc(C(F)(F)F)c1. The zero-order valence-corrected chi connectivity index (χ0v) is 12.4. The third kappa shape index (κ3) is 3.79. The molecular weight excluding hydrogens is 295 g/mol. The highest BCUT2D eigenvalue weighted by Crippen LogP contribution is 2.31. The van der Waals surface area contributed by atoms with Crippen molar-refractivity contribution in [2.24, 2.45) is 0 Å². The molecule has 1 aromatic carbocycles.